The Hall–Kier alpha value is -3.22. The second-order valence-corrected chi connectivity index (χ2v) is 6.03. The van der Waals surface area contributed by atoms with E-state index in [1.165, 1.54) is 0 Å². The van der Waals surface area contributed by atoms with E-state index in [1.807, 2.05) is 24.3 Å². The molecule has 27 heavy (non-hydrogen) atoms. The Kier molecular flexibility index (Phi) is 7.49. The van der Waals surface area contributed by atoms with Gasteiger partial charge in [0.05, 0.1) is 7.11 Å². The second-order valence-electron chi connectivity index (χ2n) is 6.03. The SMILES string of the molecule is COc1ccc(CCNC(=O)C(C)Nc2ccc(OCC(N)=O)cc2)cc1. The van der Waals surface area contributed by atoms with E-state index in [-0.39, 0.29) is 12.5 Å². The summed E-state index contributed by atoms with van der Waals surface area (Å²) in [5.41, 5.74) is 6.94. The standard InChI is InChI=1S/C20H25N3O4/c1-14(23-16-5-9-18(10-6-16)27-13-19(21)24)20(25)22-12-11-15-3-7-17(26-2)8-4-15/h3-10,14,23H,11-13H2,1-2H3,(H2,21,24)(H,22,25). The van der Waals surface area contributed by atoms with Gasteiger partial charge in [0.1, 0.15) is 17.5 Å². The highest BCUT2D eigenvalue weighted by Crippen LogP contribution is 2.16. The molecule has 0 bridgehead atoms. The van der Waals surface area contributed by atoms with Crippen LogP contribution in [0.25, 0.3) is 0 Å². The number of ether oxygens (including phenoxy) is 2. The first-order valence-corrected chi connectivity index (χ1v) is 8.66. The fourth-order valence-corrected chi connectivity index (χ4v) is 2.39. The first kappa shape index (κ1) is 20.1. The molecule has 0 saturated heterocycles. The van der Waals surface area contributed by atoms with Crippen LogP contribution in [0.15, 0.2) is 48.5 Å². The van der Waals surface area contributed by atoms with Crippen molar-refractivity contribution in [3.8, 4) is 11.5 Å². The van der Waals surface area contributed by atoms with Crippen LogP contribution in [0.5, 0.6) is 11.5 Å². The summed E-state index contributed by atoms with van der Waals surface area (Å²) in [4.78, 5) is 22.9. The Labute approximate surface area is 158 Å². The largest absolute Gasteiger partial charge is 0.497 e. The van der Waals surface area contributed by atoms with Crippen LogP contribution in [0, 0.1) is 0 Å². The third-order valence-corrected chi connectivity index (χ3v) is 3.88. The van der Waals surface area contributed by atoms with Crippen LogP contribution >= 0.6 is 0 Å². The van der Waals surface area contributed by atoms with Gasteiger partial charge in [-0.15, -0.1) is 0 Å². The maximum absolute atomic E-state index is 12.2. The lowest BCUT2D eigenvalue weighted by Gasteiger charge is -2.15. The van der Waals surface area contributed by atoms with Crippen molar-refractivity contribution in [3.63, 3.8) is 0 Å². The van der Waals surface area contributed by atoms with Gasteiger partial charge in [-0.1, -0.05) is 12.1 Å². The van der Waals surface area contributed by atoms with E-state index in [0.717, 1.165) is 23.4 Å². The molecule has 0 aliphatic rings. The maximum Gasteiger partial charge on any atom is 0.255 e. The van der Waals surface area contributed by atoms with Crippen LogP contribution in [0.2, 0.25) is 0 Å². The van der Waals surface area contributed by atoms with Crippen molar-refractivity contribution in [2.45, 2.75) is 19.4 Å². The fraction of sp³-hybridized carbons (Fsp3) is 0.300. The minimum atomic E-state index is -0.530. The molecule has 0 radical (unpaired) electrons. The third-order valence-electron chi connectivity index (χ3n) is 3.88. The maximum atomic E-state index is 12.2. The molecule has 0 aliphatic heterocycles. The number of hydrogen-bond acceptors (Lipinski definition) is 5. The molecular weight excluding hydrogens is 346 g/mol. The van der Waals surface area contributed by atoms with Crippen molar-refractivity contribution in [1.29, 1.82) is 0 Å². The summed E-state index contributed by atoms with van der Waals surface area (Å²) in [6.07, 6.45) is 0.744. The van der Waals surface area contributed by atoms with Gasteiger partial charge in [-0.05, 0) is 55.3 Å². The topological polar surface area (TPSA) is 103 Å². The molecule has 7 nitrogen and oxygen atoms in total. The normalized spacial score (nSPS) is 11.3. The van der Waals surface area contributed by atoms with E-state index in [4.69, 9.17) is 15.2 Å². The molecule has 0 spiro atoms. The zero-order valence-corrected chi connectivity index (χ0v) is 15.5. The molecule has 7 heteroatoms. The first-order valence-electron chi connectivity index (χ1n) is 8.66. The number of benzene rings is 2. The number of carbonyl (C=O) groups is 2. The molecule has 0 aromatic heterocycles. The van der Waals surface area contributed by atoms with Gasteiger partial charge < -0.3 is 25.8 Å². The second kappa shape index (κ2) is 10.1. The van der Waals surface area contributed by atoms with E-state index in [0.29, 0.717) is 12.3 Å². The van der Waals surface area contributed by atoms with Crippen LogP contribution in [0.1, 0.15) is 12.5 Å². The molecule has 144 valence electrons. The molecule has 0 aliphatic carbocycles. The Balaban J connectivity index is 1.74. The zero-order chi connectivity index (χ0) is 19.6. The van der Waals surface area contributed by atoms with Crippen molar-refractivity contribution in [1.82, 2.24) is 5.32 Å². The van der Waals surface area contributed by atoms with Crippen molar-refractivity contribution >= 4 is 17.5 Å². The summed E-state index contributed by atoms with van der Waals surface area (Å²) in [6, 6.07) is 14.3. The highest BCUT2D eigenvalue weighted by atomic mass is 16.5. The molecular formula is C20H25N3O4. The lowest BCUT2D eigenvalue weighted by atomic mass is 10.1. The van der Waals surface area contributed by atoms with E-state index >= 15 is 0 Å². The summed E-state index contributed by atoms with van der Waals surface area (Å²) in [5.74, 6) is 0.734. The summed E-state index contributed by atoms with van der Waals surface area (Å²) in [6.45, 7) is 2.18. The van der Waals surface area contributed by atoms with Gasteiger partial charge in [-0.25, -0.2) is 0 Å². The Morgan fingerprint density at radius 1 is 1.04 bits per heavy atom. The minimum Gasteiger partial charge on any atom is -0.497 e. The minimum absolute atomic E-state index is 0.0856. The van der Waals surface area contributed by atoms with Gasteiger partial charge >= 0.3 is 0 Å². The molecule has 2 aromatic rings. The van der Waals surface area contributed by atoms with Crippen molar-refractivity contribution in [3.05, 3.63) is 54.1 Å². The quantitative estimate of drug-likeness (QED) is 0.590. The zero-order valence-electron chi connectivity index (χ0n) is 15.5. The fourth-order valence-electron chi connectivity index (χ4n) is 2.39. The summed E-state index contributed by atoms with van der Waals surface area (Å²) >= 11 is 0. The van der Waals surface area contributed by atoms with Crippen molar-refractivity contribution < 1.29 is 19.1 Å². The van der Waals surface area contributed by atoms with Gasteiger partial charge in [0, 0.05) is 12.2 Å². The number of methoxy groups -OCH3 is 1. The van der Waals surface area contributed by atoms with Gasteiger partial charge in [-0.2, -0.15) is 0 Å². The van der Waals surface area contributed by atoms with E-state index in [2.05, 4.69) is 10.6 Å². The Morgan fingerprint density at radius 3 is 2.26 bits per heavy atom. The van der Waals surface area contributed by atoms with Crippen LogP contribution in [-0.4, -0.2) is 38.1 Å². The highest BCUT2D eigenvalue weighted by Gasteiger charge is 2.12. The van der Waals surface area contributed by atoms with Crippen LogP contribution in [0.4, 0.5) is 5.69 Å². The van der Waals surface area contributed by atoms with E-state index in [1.54, 1.807) is 38.3 Å². The number of carbonyl (C=O) groups excluding carboxylic acids is 2. The molecule has 0 saturated carbocycles. The predicted octanol–water partition coefficient (Wildman–Crippen LogP) is 1.72. The molecule has 1 unspecified atom stereocenters. The Bertz CT molecular complexity index is 745. The number of primary amides is 1. The number of nitrogens with one attached hydrogen (secondary N) is 2. The van der Waals surface area contributed by atoms with Gasteiger partial charge in [0.15, 0.2) is 6.61 Å². The average Bonchev–Trinajstić information content (AvgIpc) is 2.67. The Morgan fingerprint density at radius 2 is 1.67 bits per heavy atom. The molecule has 2 rings (SSSR count). The lowest BCUT2D eigenvalue weighted by Crippen LogP contribution is -2.38. The monoisotopic (exact) mass is 371 g/mol. The number of hydrogen-bond donors (Lipinski definition) is 3. The lowest BCUT2D eigenvalue weighted by molar-refractivity contribution is -0.121. The van der Waals surface area contributed by atoms with Crippen molar-refractivity contribution in [2.24, 2.45) is 5.73 Å². The van der Waals surface area contributed by atoms with Gasteiger partial charge in [-0.3, -0.25) is 9.59 Å². The molecule has 4 N–H and O–H groups in total. The summed E-state index contributed by atoms with van der Waals surface area (Å²) in [7, 11) is 1.63. The van der Waals surface area contributed by atoms with Crippen molar-refractivity contribution in [2.75, 3.05) is 25.6 Å². The molecule has 2 amide bonds. The molecule has 1 atom stereocenters. The van der Waals surface area contributed by atoms with Crippen LogP contribution < -0.4 is 25.8 Å². The summed E-state index contributed by atoms with van der Waals surface area (Å²) < 4.78 is 10.3. The number of amides is 2. The number of rotatable bonds is 10. The first-order chi connectivity index (χ1) is 13.0. The van der Waals surface area contributed by atoms with Crippen LogP contribution in [0.3, 0.4) is 0 Å². The number of nitrogens with two attached hydrogens (primary N) is 1. The number of anilines is 1. The summed E-state index contributed by atoms with van der Waals surface area (Å²) in [5, 5.41) is 6.04. The van der Waals surface area contributed by atoms with E-state index in [9.17, 15) is 9.59 Å². The van der Waals surface area contributed by atoms with Gasteiger partial charge in [0.25, 0.3) is 5.91 Å². The van der Waals surface area contributed by atoms with E-state index < -0.39 is 11.9 Å². The third kappa shape index (κ3) is 6.89. The smallest absolute Gasteiger partial charge is 0.255 e. The highest BCUT2D eigenvalue weighted by molar-refractivity contribution is 5.84. The molecule has 2 aromatic carbocycles. The average molecular weight is 371 g/mol. The van der Waals surface area contributed by atoms with Gasteiger partial charge in [0.2, 0.25) is 5.91 Å². The predicted molar refractivity (Wildman–Crippen MR) is 104 cm³/mol. The molecule has 0 fully saturated rings. The molecule has 0 heterocycles. The van der Waals surface area contributed by atoms with Crippen LogP contribution in [-0.2, 0) is 16.0 Å².